The summed E-state index contributed by atoms with van der Waals surface area (Å²) >= 11 is 0. The minimum atomic E-state index is -1.49. The monoisotopic (exact) mass is 232 g/mol. The summed E-state index contributed by atoms with van der Waals surface area (Å²) in [7, 11) is 0. The summed E-state index contributed by atoms with van der Waals surface area (Å²) < 4.78 is 1.33. The fourth-order valence-electron chi connectivity index (χ4n) is 1.30. The molecule has 7 heteroatoms. The molecule has 0 fully saturated rings. The van der Waals surface area contributed by atoms with Crippen molar-refractivity contribution < 1.29 is 14.7 Å². The van der Waals surface area contributed by atoms with Crippen LogP contribution < -0.4 is 0 Å². The van der Waals surface area contributed by atoms with Crippen LogP contribution in [0.1, 0.15) is 5.82 Å². The molecular formula is C10H8N4O3. The Morgan fingerprint density at radius 2 is 1.94 bits per heavy atom. The van der Waals surface area contributed by atoms with Gasteiger partial charge in [-0.3, -0.25) is 4.79 Å². The van der Waals surface area contributed by atoms with Crippen molar-refractivity contribution in [3.63, 3.8) is 0 Å². The topological polar surface area (TPSA) is 98.0 Å². The van der Waals surface area contributed by atoms with Crippen LogP contribution >= 0.6 is 0 Å². The summed E-state index contributed by atoms with van der Waals surface area (Å²) in [5, 5.41) is 19.3. The van der Waals surface area contributed by atoms with Gasteiger partial charge in [-0.15, -0.1) is 5.10 Å². The van der Waals surface area contributed by atoms with Crippen molar-refractivity contribution in [2.75, 3.05) is 0 Å². The van der Waals surface area contributed by atoms with E-state index < -0.39 is 11.8 Å². The lowest BCUT2D eigenvalue weighted by molar-refractivity contribution is -0.148. The Labute approximate surface area is 95.7 Å². The first-order chi connectivity index (χ1) is 8.18. The van der Waals surface area contributed by atoms with Crippen molar-refractivity contribution in [2.45, 2.75) is 6.42 Å². The number of hydrogen-bond acceptors (Lipinski definition) is 5. The minimum absolute atomic E-state index is 0.198. The number of carboxylic acids is 1. The van der Waals surface area contributed by atoms with Crippen molar-refractivity contribution in [3.8, 4) is 5.69 Å². The molecule has 7 nitrogen and oxygen atoms in total. The first kappa shape index (κ1) is 10.9. The number of carbonyl (C=O) groups is 2. The Morgan fingerprint density at radius 1 is 1.24 bits per heavy atom. The van der Waals surface area contributed by atoms with Crippen LogP contribution in [0.4, 0.5) is 0 Å². The highest BCUT2D eigenvalue weighted by Gasteiger charge is 2.17. The molecule has 0 saturated heterocycles. The number of Topliss-reactive ketones (excluding diaryl/α,β-unsaturated/α-hetero) is 1. The highest BCUT2D eigenvalue weighted by molar-refractivity contribution is 6.33. The molecule has 0 saturated carbocycles. The van der Waals surface area contributed by atoms with E-state index in [2.05, 4.69) is 15.5 Å². The quantitative estimate of drug-likeness (QED) is 0.736. The van der Waals surface area contributed by atoms with Gasteiger partial charge in [-0.25, -0.2) is 4.79 Å². The van der Waals surface area contributed by atoms with E-state index in [9.17, 15) is 9.59 Å². The van der Waals surface area contributed by atoms with Crippen LogP contribution in [0, 0.1) is 0 Å². The molecule has 1 heterocycles. The number of tetrazole rings is 1. The first-order valence-electron chi connectivity index (χ1n) is 4.77. The number of ketones is 1. The van der Waals surface area contributed by atoms with Crippen LogP contribution in [0.3, 0.4) is 0 Å². The summed E-state index contributed by atoms with van der Waals surface area (Å²) in [6.07, 6.45) is -0.336. The number of rotatable bonds is 4. The summed E-state index contributed by atoms with van der Waals surface area (Å²) in [4.78, 5) is 21.5. The average Bonchev–Trinajstić information content (AvgIpc) is 2.78. The number of aromatic nitrogens is 4. The smallest absolute Gasteiger partial charge is 0.372 e. The molecule has 0 atom stereocenters. The Kier molecular flexibility index (Phi) is 2.91. The summed E-state index contributed by atoms with van der Waals surface area (Å²) in [6, 6.07) is 8.92. The van der Waals surface area contributed by atoms with Crippen LogP contribution in [-0.2, 0) is 16.0 Å². The predicted molar refractivity (Wildman–Crippen MR) is 55.5 cm³/mol. The largest absolute Gasteiger partial charge is 0.475 e. The lowest BCUT2D eigenvalue weighted by Gasteiger charge is -2.01. The SMILES string of the molecule is O=C(O)C(=O)Cc1nnnn1-c1ccccc1. The molecule has 0 aliphatic carbocycles. The van der Waals surface area contributed by atoms with Crippen molar-refractivity contribution in [3.05, 3.63) is 36.2 Å². The van der Waals surface area contributed by atoms with Gasteiger partial charge in [0.05, 0.1) is 12.1 Å². The lowest BCUT2D eigenvalue weighted by Crippen LogP contribution is -2.18. The van der Waals surface area contributed by atoms with Crippen LogP contribution in [0.5, 0.6) is 0 Å². The number of para-hydroxylation sites is 1. The van der Waals surface area contributed by atoms with E-state index in [1.54, 1.807) is 24.3 Å². The molecule has 0 spiro atoms. The molecule has 0 amide bonds. The fraction of sp³-hybridized carbons (Fsp3) is 0.100. The molecule has 2 aromatic rings. The maximum Gasteiger partial charge on any atom is 0.372 e. The Hall–Kier alpha value is -2.57. The van der Waals surface area contributed by atoms with E-state index in [-0.39, 0.29) is 12.2 Å². The number of benzene rings is 1. The summed E-state index contributed by atoms with van der Waals surface area (Å²) in [5.74, 6) is -2.24. The molecule has 0 aliphatic heterocycles. The van der Waals surface area contributed by atoms with Crippen LogP contribution in [0.25, 0.3) is 5.69 Å². The van der Waals surface area contributed by atoms with Gasteiger partial charge in [0.1, 0.15) is 0 Å². The Balaban J connectivity index is 2.30. The molecule has 0 aliphatic rings. The predicted octanol–water partition coefficient (Wildman–Crippen LogP) is -0.142. The second-order valence-corrected chi connectivity index (χ2v) is 3.25. The zero-order valence-corrected chi connectivity index (χ0v) is 8.65. The fourth-order valence-corrected chi connectivity index (χ4v) is 1.30. The van der Waals surface area contributed by atoms with Gasteiger partial charge in [-0.1, -0.05) is 18.2 Å². The van der Waals surface area contributed by atoms with E-state index >= 15 is 0 Å². The Bertz CT molecular complexity index is 550. The van der Waals surface area contributed by atoms with E-state index in [4.69, 9.17) is 5.11 Å². The molecule has 1 aromatic carbocycles. The van der Waals surface area contributed by atoms with Gasteiger partial charge in [0.15, 0.2) is 5.82 Å². The molecular weight excluding hydrogens is 224 g/mol. The second-order valence-electron chi connectivity index (χ2n) is 3.25. The molecule has 1 N–H and O–H groups in total. The van der Waals surface area contributed by atoms with Gasteiger partial charge < -0.3 is 5.11 Å². The normalized spacial score (nSPS) is 10.1. The minimum Gasteiger partial charge on any atom is -0.475 e. The zero-order chi connectivity index (χ0) is 12.3. The van der Waals surface area contributed by atoms with Gasteiger partial charge >= 0.3 is 5.97 Å². The molecule has 86 valence electrons. The number of carboxylic acid groups (broad SMARTS) is 1. The zero-order valence-electron chi connectivity index (χ0n) is 8.65. The molecule has 1 aromatic heterocycles. The standard InChI is InChI=1S/C10H8N4O3/c15-8(10(16)17)6-9-11-12-13-14(9)7-4-2-1-3-5-7/h1-5H,6H2,(H,16,17). The highest BCUT2D eigenvalue weighted by Crippen LogP contribution is 2.07. The van der Waals surface area contributed by atoms with Gasteiger partial charge in [-0.2, -0.15) is 4.68 Å². The van der Waals surface area contributed by atoms with Crippen LogP contribution in [0.2, 0.25) is 0 Å². The van der Waals surface area contributed by atoms with E-state index in [0.717, 1.165) is 0 Å². The van der Waals surface area contributed by atoms with E-state index in [0.29, 0.717) is 5.69 Å². The Morgan fingerprint density at radius 3 is 2.59 bits per heavy atom. The second kappa shape index (κ2) is 4.52. The maximum absolute atomic E-state index is 11.1. The number of carbonyl (C=O) groups excluding carboxylic acids is 1. The number of nitrogens with zero attached hydrogens (tertiary/aromatic N) is 4. The van der Waals surface area contributed by atoms with Crippen LogP contribution in [0.15, 0.2) is 30.3 Å². The molecule has 0 radical (unpaired) electrons. The maximum atomic E-state index is 11.1. The molecule has 0 unspecified atom stereocenters. The molecule has 17 heavy (non-hydrogen) atoms. The van der Waals surface area contributed by atoms with E-state index in [1.165, 1.54) is 4.68 Å². The van der Waals surface area contributed by atoms with E-state index in [1.807, 2.05) is 6.07 Å². The first-order valence-corrected chi connectivity index (χ1v) is 4.77. The third kappa shape index (κ3) is 2.33. The van der Waals surface area contributed by atoms with Gasteiger partial charge in [0, 0.05) is 0 Å². The molecule has 2 rings (SSSR count). The summed E-state index contributed by atoms with van der Waals surface area (Å²) in [6.45, 7) is 0. The van der Waals surface area contributed by atoms with Gasteiger partial charge in [-0.05, 0) is 22.6 Å². The third-order valence-electron chi connectivity index (χ3n) is 2.09. The van der Waals surface area contributed by atoms with Crippen LogP contribution in [-0.4, -0.2) is 37.1 Å². The van der Waals surface area contributed by atoms with Gasteiger partial charge in [0.2, 0.25) is 5.78 Å². The third-order valence-corrected chi connectivity index (χ3v) is 2.09. The average molecular weight is 232 g/mol. The summed E-state index contributed by atoms with van der Waals surface area (Å²) in [5.41, 5.74) is 0.672. The number of hydrogen-bond donors (Lipinski definition) is 1. The highest BCUT2D eigenvalue weighted by atomic mass is 16.4. The lowest BCUT2D eigenvalue weighted by atomic mass is 10.2. The number of aliphatic carboxylic acids is 1. The van der Waals surface area contributed by atoms with Crippen molar-refractivity contribution in [2.24, 2.45) is 0 Å². The van der Waals surface area contributed by atoms with Crippen molar-refractivity contribution in [1.29, 1.82) is 0 Å². The van der Waals surface area contributed by atoms with Gasteiger partial charge in [0.25, 0.3) is 0 Å². The van der Waals surface area contributed by atoms with Crippen molar-refractivity contribution >= 4 is 11.8 Å². The molecule has 0 bridgehead atoms. The van der Waals surface area contributed by atoms with Crippen molar-refractivity contribution in [1.82, 2.24) is 20.2 Å².